The number of amides is 1. The molecule has 0 aromatic carbocycles. The Kier molecular flexibility index (Phi) is 4.73. The van der Waals surface area contributed by atoms with Crippen LogP contribution in [0.25, 0.3) is 5.65 Å². The molecule has 2 aromatic heterocycles. The number of alkyl carbamates (subject to hydrolysis) is 1. The Morgan fingerprint density at radius 1 is 1.28 bits per heavy atom. The number of nitrogens with zero attached hydrogens (tertiary/aromatic N) is 5. The van der Waals surface area contributed by atoms with Gasteiger partial charge in [-0.15, -0.1) is 14.8 Å². The summed E-state index contributed by atoms with van der Waals surface area (Å²) < 4.78 is 6.81. The van der Waals surface area contributed by atoms with Crippen molar-refractivity contribution >= 4 is 17.6 Å². The molecule has 1 fully saturated rings. The molecule has 2 aromatic rings. The summed E-state index contributed by atoms with van der Waals surface area (Å²) in [7, 11) is 0. The van der Waals surface area contributed by atoms with Gasteiger partial charge in [0, 0.05) is 6.54 Å². The Morgan fingerprint density at radius 3 is 2.76 bits per heavy atom. The van der Waals surface area contributed by atoms with Crippen LogP contribution in [0.2, 0.25) is 0 Å². The number of rotatable bonds is 4. The molecule has 0 unspecified atom stereocenters. The molecule has 3 rings (SSSR count). The standard InChI is InChI=1S/C16H25N7O2/c1-15(2,3)25-14(24)18-16(9-5-4-6-10-16)11-17-12-7-8-13-19-21-22-23(13)20-12/h7-8H,4-6,9-11H2,1-3H3,(H,17,20)(H,18,24). The fourth-order valence-corrected chi connectivity index (χ4v) is 3.10. The van der Waals surface area contributed by atoms with E-state index in [1.54, 1.807) is 6.07 Å². The van der Waals surface area contributed by atoms with Crippen molar-refractivity contribution in [3.05, 3.63) is 12.1 Å². The highest BCUT2D eigenvalue weighted by atomic mass is 16.6. The van der Waals surface area contributed by atoms with Crippen molar-refractivity contribution < 1.29 is 9.53 Å². The summed E-state index contributed by atoms with van der Waals surface area (Å²) in [4.78, 5) is 12.3. The van der Waals surface area contributed by atoms with Gasteiger partial charge in [0.15, 0.2) is 5.65 Å². The molecule has 0 saturated heterocycles. The van der Waals surface area contributed by atoms with Crippen LogP contribution < -0.4 is 10.6 Å². The van der Waals surface area contributed by atoms with Gasteiger partial charge in [-0.2, -0.15) is 0 Å². The van der Waals surface area contributed by atoms with Gasteiger partial charge in [0.05, 0.1) is 5.54 Å². The molecule has 1 aliphatic rings. The summed E-state index contributed by atoms with van der Waals surface area (Å²) in [6.45, 7) is 6.17. The quantitative estimate of drug-likeness (QED) is 0.873. The zero-order valence-corrected chi connectivity index (χ0v) is 14.9. The fraction of sp³-hybridized carbons (Fsp3) is 0.688. The molecule has 1 aliphatic carbocycles. The van der Waals surface area contributed by atoms with E-state index in [0.29, 0.717) is 18.0 Å². The van der Waals surface area contributed by atoms with Crippen molar-refractivity contribution in [1.29, 1.82) is 0 Å². The van der Waals surface area contributed by atoms with Gasteiger partial charge < -0.3 is 15.4 Å². The molecule has 1 amide bonds. The summed E-state index contributed by atoms with van der Waals surface area (Å²) in [6.07, 6.45) is 4.79. The second-order valence-corrected chi connectivity index (χ2v) is 7.57. The van der Waals surface area contributed by atoms with Gasteiger partial charge in [-0.25, -0.2) is 4.79 Å². The Labute approximate surface area is 146 Å². The lowest BCUT2D eigenvalue weighted by Gasteiger charge is -2.38. The van der Waals surface area contributed by atoms with Gasteiger partial charge in [-0.05, 0) is 56.2 Å². The van der Waals surface area contributed by atoms with Gasteiger partial charge in [0.25, 0.3) is 0 Å². The van der Waals surface area contributed by atoms with E-state index in [2.05, 4.69) is 31.3 Å². The van der Waals surface area contributed by atoms with E-state index in [-0.39, 0.29) is 11.6 Å². The van der Waals surface area contributed by atoms with Crippen molar-refractivity contribution in [2.24, 2.45) is 0 Å². The van der Waals surface area contributed by atoms with E-state index in [4.69, 9.17) is 4.74 Å². The number of aromatic nitrogens is 5. The van der Waals surface area contributed by atoms with Crippen molar-refractivity contribution in [2.45, 2.75) is 64.0 Å². The number of tetrazole rings is 1. The molecule has 9 nitrogen and oxygen atoms in total. The highest BCUT2D eigenvalue weighted by molar-refractivity contribution is 5.69. The minimum atomic E-state index is -0.514. The normalized spacial score (nSPS) is 17.2. The van der Waals surface area contributed by atoms with Crippen molar-refractivity contribution in [3.63, 3.8) is 0 Å². The van der Waals surface area contributed by atoms with Gasteiger partial charge in [0.2, 0.25) is 0 Å². The van der Waals surface area contributed by atoms with E-state index < -0.39 is 5.60 Å². The second kappa shape index (κ2) is 6.81. The number of hydrogen-bond acceptors (Lipinski definition) is 7. The fourth-order valence-electron chi connectivity index (χ4n) is 3.10. The van der Waals surface area contributed by atoms with Gasteiger partial charge in [-0.1, -0.05) is 19.3 Å². The lowest BCUT2D eigenvalue weighted by molar-refractivity contribution is 0.0434. The van der Waals surface area contributed by atoms with Crippen LogP contribution in [-0.2, 0) is 4.74 Å². The number of fused-ring (bicyclic) bond motifs is 1. The smallest absolute Gasteiger partial charge is 0.408 e. The van der Waals surface area contributed by atoms with Crippen LogP contribution in [0.5, 0.6) is 0 Å². The molecule has 136 valence electrons. The molecule has 0 aliphatic heterocycles. The average molecular weight is 347 g/mol. The van der Waals surface area contributed by atoms with Crippen LogP contribution in [0, 0.1) is 0 Å². The summed E-state index contributed by atoms with van der Waals surface area (Å²) in [6, 6.07) is 3.62. The molecule has 0 radical (unpaired) electrons. The number of carbonyl (C=O) groups is 1. The zero-order chi connectivity index (χ0) is 17.9. The predicted octanol–water partition coefficient (Wildman–Crippen LogP) is 2.16. The first-order chi connectivity index (χ1) is 11.9. The first-order valence-corrected chi connectivity index (χ1v) is 8.66. The van der Waals surface area contributed by atoms with E-state index in [1.165, 1.54) is 11.1 Å². The van der Waals surface area contributed by atoms with Gasteiger partial charge in [-0.3, -0.25) is 0 Å². The molecular weight excluding hydrogens is 322 g/mol. The number of carbonyl (C=O) groups excluding carboxylic acids is 1. The lowest BCUT2D eigenvalue weighted by Crippen LogP contribution is -2.55. The number of nitrogens with one attached hydrogen (secondary N) is 2. The largest absolute Gasteiger partial charge is 0.444 e. The zero-order valence-electron chi connectivity index (χ0n) is 14.9. The average Bonchev–Trinajstić information content (AvgIpc) is 2.99. The maximum atomic E-state index is 12.3. The molecule has 25 heavy (non-hydrogen) atoms. The van der Waals surface area contributed by atoms with Crippen molar-refractivity contribution in [2.75, 3.05) is 11.9 Å². The van der Waals surface area contributed by atoms with Gasteiger partial charge >= 0.3 is 6.09 Å². The predicted molar refractivity (Wildman–Crippen MR) is 92.3 cm³/mol. The van der Waals surface area contributed by atoms with Crippen LogP contribution in [-0.4, -0.2) is 49.0 Å². The topological polar surface area (TPSA) is 106 Å². The molecule has 2 heterocycles. The Hall–Kier alpha value is -2.45. The molecule has 0 bridgehead atoms. The summed E-state index contributed by atoms with van der Waals surface area (Å²) in [5.41, 5.74) is -0.262. The van der Waals surface area contributed by atoms with Crippen LogP contribution in [0.1, 0.15) is 52.9 Å². The summed E-state index contributed by atoms with van der Waals surface area (Å²) >= 11 is 0. The number of ether oxygens (including phenoxy) is 1. The van der Waals surface area contributed by atoms with E-state index in [9.17, 15) is 4.79 Å². The first-order valence-electron chi connectivity index (χ1n) is 8.66. The maximum Gasteiger partial charge on any atom is 0.408 e. The van der Waals surface area contributed by atoms with Gasteiger partial charge in [0.1, 0.15) is 11.4 Å². The third-order valence-electron chi connectivity index (χ3n) is 4.25. The SMILES string of the molecule is CC(C)(C)OC(=O)NC1(CNc2ccc3nnnn3n2)CCCCC1. The maximum absolute atomic E-state index is 12.3. The monoisotopic (exact) mass is 347 g/mol. The Bertz CT molecular complexity index is 731. The number of hydrogen-bond donors (Lipinski definition) is 2. The lowest BCUT2D eigenvalue weighted by atomic mass is 9.81. The summed E-state index contributed by atoms with van der Waals surface area (Å²) in [5.74, 6) is 0.663. The van der Waals surface area contributed by atoms with Crippen molar-refractivity contribution in [3.8, 4) is 0 Å². The van der Waals surface area contributed by atoms with Crippen LogP contribution in [0.3, 0.4) is 0 Å². The highest BCUT2D eigenvalue weighted by Gasteiger charge is 2.35. The Balaban J connectivity index is 1.68. The third kappa shape index (κ3) is 4.55. The molecule has 9 heteroatoms. The first kappa shape index (κ1) is 17.4. The highest BCUT2D eigenvalue weighted by Crippen LogP contribution is 2.29. The molecule has 0 spiro atoms. The minimum Gasteiger partial charge on any atom is -0.444 e. The van der Waals surface area contributed by atoms with Crippen LogP contribution >= 0.6 is 0 Å². The molecule has 2 N–H and O–H groups in total. The van der Waals surface area contributed by atoms with E-state index in [1.807, 2.05) is 26.8 Å². The van der Waals surface area contributed by atoms with E-state index >= 15 is 0 Å². The van der Waals surface area contributed by atoms with Crippen molar-refractivity contribution in [1.82, 2.24) is 30.6 Å². The Morgan fingerprint density at radius 2 is 2.04 bits per heavy atom. The minimum absolute atomic E-state index is 0.335. The molecule has 1 saturated carbocycles. The number of anilines is 1. The van der Waals surface area contributed by atoms with Crippen LogP contribution in [0.15, 0.2) is 12.1 Å². The molecular formula is C16H25N7O2. The van der Waals surface area contributed by atoms with Crippen LogP contribution in [0.4, 0.5) is 10.6 Å². The van der Waals surface area contributed by atoms with E-state index in [0.717, 1.165) is 25.7 Å². The third-order valence-corrected chi connectivity index (χ3v) is 4.25. The summed E-state index contributed by atoms with van der Waals surface area (Å²) in [5, 5.41) is 21.9. The second-order valence-electron chi connectivity index (χ2n) is 7.57. The molecule has 0 atom stereocenters.